The van der Waals surface area contributed by atoms with E-state index < -0.39 is 10.0 Å². The van der Waals surface area contributed by atoms with E-state index in [9.17, 15) is 13.2 Å². The molecule has 1 unspecified atom stereocenters. The molecule has 2 heterocycles. The van der Waals surface area contributed by atoms with Crippen LogP contribution in [0.15, 0.2) is 45.9 Å². The number of hydrogen-bond donors (Lipinski definition) is 1. The van der Waals surface area contributed by atoms with Crippen molar-refractivity contribution in [3.63, 3.8) is 0 Å². The van der Waals surface area contributed by atoms with Crippen molar-refractivity contribution < 1.29 is 13.2 Å². The Balaban J connectivity index is 1.41. The molecular weight excluding hydrogens is 577 g/mol. The lowest BCUT2D eigenvalue weighted by molar-refractivity contribution is -0.132. The third-order valence-electron chi connectivity index (χ3n) is 5.93. The molecule has 0 saturated carbocycles. The average molecular weight is 601 g/mol. The smallest absolute Gasteiger partial charge is 0.240 e. The maximum Gasteiger partial charge on any atom is 0.240 e. The van der Waals surface area contributed by atoms with Gasteiger partial charge in [0.05, 0.1) is 22.8 Å². The van der Waals surface area contributed by atoms with Gasteiger partial charge in [0.1, 0.15) is 5.69 Å². The fourth-order valence-corrected chi connectivity index (χ4v) is 6.07. The zero-order valence-electron chi connectivity index (χ0n) is 19.1. The lowest BCUT2D eigenvalue weighted by Crippen LogP contribution is -2.34. The summed E-state index contributed by atoms with van der Waals surface area (Å²) in [6.07, 6.45) is 3.42. The number of nitrogens with zero attached hydrogens (tertiary/aromatic N) is 4. The summed E-state index contributed by atoms with van der Waals surface area (Å²) in [5.41, 5.74) is 2.78. The van der Waals surface area contributed by atoms with Crippen LogP contribution in [-0.4, -0.2) is 47.3 Å². The normalized spacial score (nSPS) is 16.1. The molecule has 4 rings (SSSR count). The third kappa shape index (κ3) is 5.72. The van der Waals surface area contributed by atoms with E-state index in [2.05, 4.69) is 31.0 Å². The maximum atomic E-state index is 13.0. The quantitative estimate of drug-likeness (QED) is 0.412. The van der Waals surface area contributed by atoms with Crippen LogP contribution in [0.1, 0.15) is 42.1 Å². The summed E-state index contributed by atoms with van der Waals surface area (Å²) < 4.78 is 30.4. The number of carbonyl (C=O) groups is 1. The fraction of sp³-hybridized carbons (Fsp3) is 0.348. The Kier molecular flexibility index (Phi) is 7.87. The van der Waals surface area contributed by atoms with Gasteiger partial charge >= 0.3 is 0 Å². The van der Waals surface area contributed by atoms with E-state index in [0.717, 1.165) is 23.0 Å². The Hall–Kier alpha value is -1.98. The predicted molar refractivity (Wildman–Crippen MR) is 138 cm³/mol. The summed E-state index contributed by atoms with van der Waals surface area (Å²) in [7, 11) is -3.76. The zero-order chi connectivity index (χ0) is 25.3. The van der Waals surface area contributed by atoms with Gasteiger partial charge in [0, 0.05) is 34.0 Å². The van der Waals surface area contributed by atoms with Crippen molar-refractivity contribution in [3.05, 3.63) is 67.9 Å². The maximum absolute atomic E-state index is 13.0. The lowest BCUT2D eigenvalue weighted by atomic mass is 10.1. The van der Waals surface area contributed by atoms with Crippen molar-refractivity contribution in [3.8, 4) is 5.69 Å². The Morgan fingerprint density at radius 3 is 2.63 bits per heavy atom. The van der Waals surface area contributed by atoms with Gasteiger partial charge in [-0.1, -0.05) is 28.4 Å². The minimum atomic E-state index is -3.76. The molecule has 1 aliphatic heterocycles. The molecule has 1 saturated heterocycles. The molecule has 1 aromatic heterocycles. The molecule has 8 nitrogen and oxygen atoms in total. The van der Waals surface area contributed by atoms with E-state index in [1.54, 1.807) is 41.8 Å². The monoisotopic (exact) mass is 599 g/mol. The number of rotatable bonds is 7. The van der Waals surface area contributed by atoms with E-state index in [4.69, 9.17) is 23.2 Å². The van der Waals surface area contributed by atoms with Gasteiger partial charge < -0.3 is 4.90 Å². The summed E-state index contributed by atoms with van der Waals surface area (Å²) in [6, 6.07) is 8.21. The van der Waals surface area contributed by atoms with Crippen LogP contribution >= 0.6 is 39.1 Å². The molecule has 1 N–H and O–H groups in total. The van der Waals surface area contributed by atoms with Crippen molar-refractivity contribution in [1.29, 1.82) is 0 Å². The van der Waals surface area contributed by atoms with Crippen LogP contribution in [-0.2, 0) is 14.8 Å². The Morgan fingerprint density at radius 2 is 1.91 bits per heavy atom. The molecular formula is C23H24BrCl2N5O3S. The van der Waals surface area contributed by atoms with E-state index in [0.29, 0.717) is 33.4 Å². The van der Waals surface area contributed by atoms with Gasteiger partial charge in [0.25, 0.3) is 0 Å². The molecule has 186 valence electrons. The molecule has 12 heteroatoms. The first-order valence-corrected chi connectivity index (χ1v) is 14.0. The number of likely N-dealkylation sites (tertiary alicyclic amines) is 1. The molecule has 1 aliphatic rings. The zero-order valence-corrected chi connectivity index (χ0v) is 23.0. The van der Waals surface area contributed by atoms with Crippen molar-refractivity contribution in [2.45, 2.75) is 44.0 Å². The minimum absolute atomic E-state index is 0.00669. The van der Waals surface area contributed by atoms with Crippen LogP contribution in [0.25, 0.3) is 5.69 Å². The van der Waals surface area contributed by atoms with Crippen LogP contribution < -0.4 is 4.72 Å². The lowest BCUT2D eigenvalue weighted by Gasteiger charge is -2.23. The Bertz CT molecular complexity index is 1360. The second kappa shape index (κ2) is 10.6. The number of aromatic nitrogens is 3. The summed E-state index contributed by atoms with van der Waals surface area (Å²) in [5, 5.41) is 9.62. The number of carbonyl (C=O) groups excluding carboxylic acids is 1. The number of nitrogens with one attached hydrogen (secondary N) is 1. The number of halogens is 3. The molecule has 1 amide bonds. The van der Waals surface area contributed by atoms with Gasteiger partial charge in [0.2, 0.25) is 15.9 Å². The van der Waals surface area contributed by atoms with Crippen molar-refractivity contribution in [2.24, 2.45) is 0 Å². The highest BCUT2D eigenvalue weighted by Crippen LogP contribution is 2.32. The van der Waals surface area contributed by atoms with Crippen molar-refractivity contribution in [1.82, 2.24) is 24.6 Å². The first-order chi connectivity index (χ1) is 16.6. The summed E-state index contributed by atoms with van der Waals surface area (Å²) in [4.78, 5) is 14.8. The van der Waals surface area contributed by atoms with Crippen LogP contribution in [0.5, 0.6) is 0 Å². The molecule has 0 spiro atoms. The van der Waals surface area contributed by atoms with E-state index >= 15 is 0 Å². The molecule has 0 radical (unpaired) electrons. The van der Waals surface area contributed by atoms with Crippen LogP contribution in [0.4, 0.5) is 0 Å². The van der Waals surface area contributed by atoms with E-state index in [1.165, 1.54) is 12.1 Å². The minimum Gasteiger partial charge on any atom is -0.334 e. The molecule has 1 atom stereocenters. The number of hydrogen-bond acceptors (Lipinski definition) is 5. The van der Waals surface area contributed by atoms with Crippen LogP contribution in [0.3, 0.4) is 0 Å². The van der Waals surface area contributed by atoms with Gasteiger partial charge in [-0.2, -0.15) is 0 Å². The van der Waals surface area contributed by atoms with Gasteiger partial charge in [0.15, 0.2) is 0 Å². The standard InChI is InChI=1S/C23H24BrCl2N5O3S/c1-14-10-17(11-15(2)23(14)26)35(33,34)27-8-7-22(32)30-9-3-4-20(30)19-13-31(29-28-19)21-12-16(25)5-6-18(21)24/h5-6,10-13,20,27H,3-4,7-9H2,1-2H3. The predicted octanol–water partition coefficient (Wildman–Crippen LogP) is 4.99. The topological polar surface area (TPSA) is 97.2 Å². The first kappa shape index (κ1) is 26.1. The number of aryl methyl sites for hydroxylation is 2. The van der Waals surface area contributed by atoms with Crippen LogP contribution in [0.2, 0.25) is 10.0 Å². The Morgan fingerprint density at radius 1 is 1.20 bits per heavy atom. The highest BCUT2D eigenvalue weighted by molar-refractivity contribution is 9.10. The third-order valence-corrected chi connectivity index (χ3v) is 8.87. The summed E-state index contributed by atoms with van der Waals surface area (Å²) >= 11 is 15.8. The molecule has 1 fully saturated rings. The van der Waals surface area contributed by atoms with Gasteiger partial charge in [-0.15, -0.1) is 5.10 Å². The molecule has 35 heavy (non-hydrogen) atoms. The van der Waals surface area contributed by atoms with Gasteiger partial charge in [-0.25, -0.2) is 17.8 Å². The largest absolute Gasteiger partial charge is 0.334 e. The number of benzene rings is 2. The average Bonchev–Trinajstić information content (AvgIpc) is 3.48. The number of sulfonamides is 1. The SMILES string of the molecule is Cc1cc(S(=O)(=O)NCCC(=O)N2CCCC2c2cn(-c3cc(Cl)ccc3Br)nn2)cc(C)c1Cl. The summed E-state index contributed by atoms with van der Waals surface area (Å²) in [5.74, 6) is -0.142. The van der Waals surface area contributed by atoms with Crippen molar-refractivity contribution >= 4 is 55.1 Å². The second-order valence-electron chi connectivity index (χ2n) is 8.45. The van der Waals surface area contributed by atoms with Gasteiger partial charge in [-0.05, 0) is 84.1 Å². The molecule has 3 aromatic rings. The number of amides is 1. The van der Waals surface area contributed by atoms with E-state index in [1.807, 2.05) is 6.07 Å². The molecule has 0 aliphatic carbocycles. The fourth-order valence-electron chi connectivity index (χ4n) is 4.16. The second-order valence-corrected chi connectivity index (χ2v) is 11.9. The molecule has 2 aromatic carbocycles. The van der Waals surface area contributed by atoms with Crippen molar-refractivity contribution in [2.75, 3.05) is 13.1 Å². The Labute approximate surface area is 222 Å². The highest BCUT2D eigenvalue weighted by Gasteiger charge is 2.32. The van der Waals surface area contributed by atoms with E-state index in [-0.39, 0.29) is 29.8 Å². The summed E-state index contributed by atoms with van der Waals surface area (Å²) in [6.45, 7) is 4.09. The highest BCUT2D eigenvalue weighted by atomic mass is 79.9. The van der Waals surface area contributed by atoms with Gasteiger partial charge in [-0.3, -0.25) is 4.79 Å². The van der Waals surface area contributed by atoms with Crippen LogP contribution in [0, 0.1) is 13.8 Å². The first-order valence-electron chi connectivity index (χ1n) is 11.0. The molecule has 0 bridgehead atoms.